The summed E-state index contributed by atoms with van der Waals surface area (Å²) in [5.74, 6) is 1.79. The van der Waals surface area contributed by atoms with Crippen molar-refractivity contribution in [3.05, 3.63) is 11.8 Å². The van der Waals surface area contributed by atoms with Crippen LogP contribution in [0.5, 0.6) is 0 Å². The molecule has 1 aromatic rings. The Labute approximate surface area is 146 Å². The number of rotatable bonds is 4. The molecule has 1 saturated carbocycles. The van der Waals surface area contributed by atoms with Gasteiger partial charge in [-0.15, -0.1) is 10.2 Å². The van der Waals surface area contributed by atoms with Crippen LogP contribution in [0.4, 0.5) is 4.79 Å². The zero-order valence-electron chi connectivity index (χ0n) is 14.8. The highest BCUT2D eigenvalue weighted by Crippen LogP contribution is 2.36. The fourth-order valence-corrected chi connectivity index (χ4v) is 4.09. The van der Waals surface area contributed by atoms with Gasteiger partial charge < -0.3 is 9.73 Å². The highest BCUT2D eigenvalue weighted by molar-refractivity contribution is 6.06. The second kappa shape index (κ2) is 6.09. The third kappa shape index (κ3) is 2.82. The van der Waals surface area contributed by atoms with E-state index in [4.69, 9.17) is 4.42 Å². The quantitative estimate of drug-likeness (QED) is 0.830. The Morgan fingerprint density at radius 3 is 2.68 bits per heavy atom. The Balaban J connectivity index is 1.42. The van der Waals surface area contributed by atoms with E-state index in [9.17, 15) is 9.59 Å². The van der Waals surface area contributed by atoms with Crippen LogP contribution < -0.4 is 5.32 Å². The summed E-state index contributed by atoms with van der Waals surface area (Å²) in [6.07, 6.45) is 5.42. The molecule has 3 aliphatic rings. The van der Waals surface area contributed by atoms with Crippen molar-refractivity contribution in [1.82, 2.24) is 25.3 Å². The number of nitrogens with one attached hydrogen (secondary N) is 1. The summed E-state index contributed by atoms with van der Waals surface area (Å²) in [5.41, 5.74) is -0.823. The maximum Gasteiger partial charge on any atom is 0.324 e. The third-order valence-corrected chi connectivity index (χ3v) is 6.04. The van der Waals surface area contributed by atoms with Gasteiger partial charge in [0.15, 0.2) is 0 Å². The summed E-state index contributed by atoms with van der Waals surface area (Å²) in [5, 5.41) is 11.3. The summed E-state index contributed by atoms with van der Waals surface area (Å²) in [7, 11) is 1.53. The Morgan fingerprint density at radius 2 is 2.04 bits per heavy atom. The van der Waals surface area contributed by atoms with Crippen LogP contribution in [0, 0.1) is 5.92 Å². The summed E-state index contributed by atoms with van der Waals surface area (Å²) in [6.45, 7) is 4.11. The molecule has 4 rings (SSSR count). The monoisotopic (exact) mass is 347 g/mol. The summed E-state index contributed by atoms with van der Waals surface area (Å²) in [4.78, 5) is 27.8. The van der Waals surface area contributed by atoms with Crippen molar-refractivity contribution in [2.45, 2.75) is 57.0 Å². The highest BCUT2D eigenvalue weighted by Gasteiger charge is 2.51. The molecule has 2 aliphatic heterocycles. The van der Waals surface area contributed by atoms with Gasteiger partial charge in [-0.2, -0.15) is 0 Å². The lowest BCUT2D eigenvalue weighted by molar-refractivity contribution is -0.132. The number of hydrogen-bond donors (Lipinski definition) is 1. The van der Waals surface area contributed by atoms with Crippen molar-refractivity contribution in [2.75, 3.05) is 20.1 Å². The van der Waals surface area contributed by atoms with Crippen molar-refractivity contribution < 1.29 is 14.0 Å². The van der Waals surface area contributed by atoms with Gasteiger partial charge in [0.05, 0.1) is 6.54 Å². The van der Waals surface area contributed by atoms with Crippen molar-refractivity contribution >= 4 is 11.9 Å². The van der Waals surface area contributed by atoms with Crippen LogP contribution in [0.1, 0.15) is 56.7 Å². The molecule has 2 atom stereocenters. The number of aromatic nitrogens is 2. The van der Waals surface area contributed by atoms with Gasteiger partial charge in [0.1, 0.15) is 5.54 Å². The van der Waals surface area contributed by atoms with Crippen LogP contribution in [0.25, 0.3) is 0 Å². The molecule has 0 bridgehead atoms. The molecule has 0 spiro atoms. The predicted molar refractivity (Wildman–Crippen MR) is 88.6 cm³/mol. The maximum atomic E-state index is 12.5. The minimum atomic E-state index is -0.823. The number of hydrogen-bond acceptors (Lipinski definition) is 6. The second-order valence-corrected chi connectivity index (χ2v) is 7.73. The van der Waals surface area contributed by atoms with Gasteiger partial charge >= 0.3 is 6.03 Å². The lowest BCUT2D eigenvalue weighted by Crippen LogP contribution is -2.55. The smallest absolute Gasteiger partial charge is 0.324 e. The van der Waals surface area contributed by atoms with E-state index in [1.54, 1.807) is 0 Å². The minimum absolute atomic E-state index is 0.0803. The number of piperidine rings is 1. The van der Waals surface area contributed by atoms with Gasteiger partial charge in [0.25, 0.3) is 5.91 Å². The molecule has 0 radical (unpaired) electrons. The van der Waals surface area contributed by atoms with Gasteiger partial charge in [0, 0.05) is 25.4 Å². The first-order valence-electron chi connectivity index (χ1n) is 9.12. The lowest BCUT2D eigenvalue weighted by Gasteiger charge is -2.39. The molecule has 2 saturated heterocycles. The number of urea groups is 1. The molecule has 8 nitrogen and oxygen atoms in total. The SMILES string of the molecule is CN1C(=O)N[C@@](C)([C@@H]2CCCN(Cc3nnc(C4CCC4)o3)C2)C1=O. The first-order valence-corrected chi connectivity index (χ1v) is 9.12. The average Bonchev–Trinajstić information content (AvgIpc) is 3.06. The average molecular weight is 347 g/mol. The molecule has 1 aromatic heterocycles. The molecule has 3 heterocycles. The van der Waals surface area contributed by atoms with Crippen molar-refractivity contribution in [1.29, 1.82) is 0 Å². The van der Waals surface area contributed by atoms with Crippen LogP contribution in [-0.4, -0.2) is 57.6 Å². The molecule has 136 valence electrons. The minimum Gasteiger partial charge on any atom is -0.424 e. The van der Waals surface area contributed by atoms with Crippen LogP contribution in [0.2, 0.25) is 0 Å². The Hall–Kier alpha value is -1.96. The summed E-state index contributed by atoms with van der Waals surface area (Å²) in [6, 6.07) is -0.313. The van der Waals surface area contributed by atoms with Gasteiger partial charge in [-0.25, -0.2) is 4.79 Å². The van der Waals surface area contributed by atoms with Crippen LogP contribution in [-0.2, 0) is 11.3 Å². The van der Waals surface area contributed by atoms with E-state index in [2.05, 4.69) is 20.4 Å². The van der Waals surface area contributed by atoms with Gasteiger partial charge in [-0.1, -0.05) is 6.42 Å². The zero-order chi connectivity index (χ0) is 17.6. The molecule has 1 aliphatic carbocycles. The van der Waals surface area contributed by atoms with Gasteiger partial charge in [0.2, 0.25) is 11.8 Å². The van der Waals surface area contributed by atoms with Crippen molar-refractivity contribution in [2.24, 2.45) is 5.92 Å². The highest BCUT2D eigenvalue weighted by atomic mass is 16.4. The van der Waals surface area contributed by atoms with Crippen molar-refractivity contribution in [3.8, 4) is 0 Å². The number of imide groups is 1. The van der Waals surface area contributed by atoms with Crippen LogP contribution in [0.15, 0.2) is 4.42 Å². The topological polar surface area (TPSA) is 91.6 Å². The third-order valence-electron chi connectivity index (χ3n) is 6.04. The standard InChI is InChI=1S/C17H25N5O3/c1-17(15(23)21(2)16(24)18-17)12-7-4-8-22(9-12)10-13-19-20-14(25-13)11-5-3-6-11/h11-12H,3-10H2,1-2H3,(H,18,24)/t12-,17+/m1/s1. The van der Waals surface area contributed by atoms with Gasteiger partial charge in [-0.05, 0) is 39.2 Å². The molecule has 25 heavy (non-hydrogen) atoms. The van der Waals surface area contributed by atoms with Crippen LogP contribution >= 0.6 is 0 Å². The zero-order valence-corrected chi connectivity index (χ0v) is 14.8. The lowest BCUT2D eigenvalue weighted by atomic mass is 9.80. The largest absolute Gasteiger partial charge is 0.424 e. The fraction of sp³-hybridized carbons (Fsp3) is 0.765. The van der Waals surface area contributed by atoms with Gasteiger partial charge in [-0.3, -0.25) is 14.6 Å². The molecule has 1 N–H and O–H groups in total. The molecule has 0 aromatic carbocycles. The summed E-state index contributed by atoms with van der Waals surface area (Å²) < 4.78 is 5.82. The molecule has 0 unspecified atom stereocenters. The number of likely N-dealkylation sites (tertiary alicyclic amines) is 1. The van der Waals surface area contributed by atoms with E-state index in [-0.39, 0.29) is 17.9 Å². The molecule has 3 fully saturated rings. The summed E-state index contributed by atoms with van der Waals surface area (Å²) >= 11 is 0. The first kappa shape index (κ1) is 16.5. The molecular weight excluding hydrogens is 322 g/mol. The van der Waals surface area contributed by atoms with Crippen LogP contribution in [0.3, 0.4) is 0 Å². The molecule has 8 heteroatoms. The first-order chi connectivity index (χ1) is 12.0. The Kier molecular flexibility index (Phi) is 4.02. The fourth-order valence-electron chi connectivity index (χ4n) is 4.09. The predicted octanol–water partition coefficient (Wildman–Crippen LogP) is 1.49. The molecule has 3 amide bonds. The van der Waals surface area contributed by atoms with E-state index in [0.717, 1.165) is 44.7 Å². The number of carbonyl (C=O) groups excluding carboxylic acids is 2. The number of likely N-dealkylation sites (N-methyl/N-ethyl adjacent to an activating group) is 1. The number of carbonyl (C=O) groups is 2. The Bertz CT molecular complexity index is 686. The number of nitrogens with zero attached hydrogens (tertiary/aromatic N) is 4. The van der Waals surface area contributed by atoms with E-state index < -0.39 is 5.54 Å². The Morgan fingerprint density at radius 1 is 1.24 bits per heavy atom. The normalized spacial score (nSPS) is 31.3. The second-order valence-electron chi connectivity index (χ2n) is 7.73. The number of amides is 3. The van der Waals surface area contributed by atoms with E-state index >= 15 is 0 Å². The van der Waals surface area contributed by atoms with Crippen molar-refractivity contribution in [3.63, 3.8) is 0 Å². The van der Waals surface area contributed by atoms with E-state index in [1.807, 2.05) is 6.92 Å². The molecular formula is C17H25N5O3. The van der Waals surface area contributed by atoms with E-state index in [1.165, 1.54) is 18.4 Å². The van der Waals surface area contributed by atoms with E-state index in [0.29, 0.717) is 18.4 Å². The maximum absolute atomic E-state index is 12.5.